The minimum atomic E-state index is -4.47. The van der Waals surface area contributed by atoms with Gasteiger partial charge in [0.25, 0.3) is 5.91 Å². The number of amides is 1. The molecule has 24 heavy (non-hydrogen) atoms. The van der Waals surface area contributed by atoms with Crippen LogP contribution < -0.4 is 10.6 Å². The van der Waals surface area contributed by atoms with Gasteiger partial charge in [-0.05, 0) is 25.0 Å². The molecule has 2 aliphatic rings. The maximum atomic E-state index is 13.4. The second kappa shape index (κ2) is 5.29. The first kappa shape index (κ1) is 15.1. The second-order valence-corrected chi connectivity index (χ2v) is 6.11. The van der Waals surface area contributed by atoms with Gasteiger partial charge in [-0.25, -0.2) is 4.68 Å². The Hall–Kier alpha value is -2.45. The van der Waals surface area contributed by atoms with Gasteiger partial charge < -0.3 is 15.1 Å². The van der Waals surface area contributed by atoms with E-state index in [1.165, 1.54) is 12.3 Å². The molecule has 0 saturated heterocycles. The molecule has 1 amide bonds. The quantitative estimate of drug-likeness (QED) is 0.901. The van der Waals surface area contributed by atoms with Crippen molar-refractivity contribution in [1.82, 2.24) is 15.1 Å². The number of rotatable bonds is 3. The van der Waals surface area contributed by atoms with E-state index in [1.807, 2.05) is 0 Å². The summed E-state index contributed by atoms with van der Waals surface area (Å²) in [6.07, 6.45) is -1.53. The summed E-state index contributed by atoms with van der Waals surface area (Å²) in [5.74, 6) is 0.128. The first-order chi connectivity index (χ1) is 11.4. The van der Waals surface area contributed by atoms with Gasteiger partial charge in [-0.3, -0.25) is 4.79 Å². The third-order valence-electron chi connectivity index (χ3n) is 4.22. The van der Waals surface area contributed by atoms with Gasteiger partial charge in [-0.2, -0.15) is 18.3 Å². The van der Waals surface area contributed by atoms with Gasteiger partial charge in [0.05, 0.1) is 12.3 Å². The van der Waals surface area contributed by atoms with Crippen LogP contribution >= 0.6 is 0 Å². The standard InChI is InChI=1S/C15H15F3N4O2/c16-15(17,18)12-6-9(11-2-1-5-24-11)20-13-7-10(21-22(12)13)14(23)19-8-3-4-8/h1-2,5,7-9,12,20H,3-4,6H2,(H,19,23)/t9-,12-/m1/s1. The summed E-state index contributed by atoms with van der Waals surface area (Å²) < 4.78 is 46.4. The van der Waals surface area contributed by atoms with Gasteiger partial charge >= 0.3 is 6.18 Å². The zero-order valence-electron chi connectivity index (χ0n) is 12.5. The lowest BCUT2D eigenvalue weighted by Crippen LogP contribution is -2.35. The molecule has 2 aromatic heterocycles. The van der Waals surface area contributed by atoms with Gasteiger partial charge in [0.15, 0.2) is 11.7 Å². The number of furan rings is 1. The Bertz CT molecular complexity index is 749. The highest BCUT2D eigenvalue weighted by molar-refractivity contribution is 5.93. The van der Waals surface area contributed by atoms with Gasteiger partial charge in [0.1, 0.15) is 11.6 Å². The zero-order valence-corrected chi connectivity index (χ0v) is 12.5. The summed E-state index contributed by atoms with van der Waals surface area (Å²) in [5, 5.41) is 9.59. The summed E-state index contributed by atoms with van der Waals surface area (Å²) in [6.45, 7) is 0. The molecule has 2 atom stereocenters. The molecule has 9 heteroatoms. The van der Waals surface area contributed by atoms with Gasteiger partial charge in [0.2, 0.25) is 0 Å². The van der Waals surface area contributed by atoms with E-state index in [9.17, 15) is 18.0 Å². The number of nitrogens with zero attached hydrogens (tertiary/aromatic N) is 2. The molecule has 128 valence electrons. The molecule has 1 aliphatic carbocycles. The van der Waals surface area contributed by atoms with Crippen molar-refractivity contribution < 1.29 is 22.4 Å². The number of alkyl halides is 3. The molecule has 2 aromatic rings. The molecular weight excluding hydrogens is 325 g/mol. The summed E-state index contributed by atoms with van der Waals surface area (Å²) in [5.41, 5.74) is -0.0151. The third-order valence-corrected chi connectivity index (χ3v) is 4.22. The lowest BCUT2D eigenvalue weighted by Gasteiger charge is -2.32. The number of hydrogen-bond donors (Lipinski definition) is 2. The number of halogens is 3. The molecule has 0 unspecified atom stereocenters. The van der Waals surface area contributed by atoms with Crippen LogP contribution in [0.4, 0.5) is 19.0 Å². The number of carbonyl (C=O) groups is 1. The van der Waals surface area contributed by atoms with Crippen molar-refractivity contribution >= 4 is 11.7 Å². The molecule has 1 fully saturated rings. The molecule has 3 heterocycles. The van der Waals surface area contributed by atoms with E-state index in [1.54, 1.807) is 12.1 Å². The van der Waals surface area contributed by atoms with E-state index in [0.717, 1.165) is 17.5 Å². The van der Waals surface area contributed by atoms with Crippen molar-refractivity contribution in [2.75, 3.05) is 5.32 Å². The molecule has 1 saturated carbocycles. The maximum Gasteiger partial charge on any atom is 0.410 e. The lowest BCUT2D eigenvalue weighted by atomic mass is 10.0. The topological polar surface area (TPSA) is 72.1 Å². The smallest absolute Gasteiger partial charge is 0.410 e. The zero-order chi connectivity index (χ0) is 16.9. The number of anilines is 1. The van der Waals surface area contributed by atoms with Gasteiger partial charge in [-0.1, -0.05) is 0 Å². The highest BCUT2D eigenvalue weighted by atomic mass is 19.4. The number of carbonyl (C=O) groups excluding carboxylic acids is 1. The van der Waals surface area contributed by atoms with Crippen LogP contribution in [-0.2, 0) is 0 Å². The van der Waals surface area contributed by atoms with E-state index >= 15 is 0 Å². The van der Waals surface area contributed by atoms with Crippen LogP contribution in [0.15, 0.2) is 28.9 Å². The first-order valence-corrected chi connectivity index (χ1v) is 7.69. The van der Waals surface area contributed by atoms with Crippen LogP contribution in [0.25, 0.3) is 0 Å². The van der Waals surface area contributed by atoms with Crippen molar-refractivity contribution in [3.8, 4) is 0 Å². The average molecular weight is 340 g/mol. The average Bonchev–Trinajstić information content (AvgIpc) is 3.04. The Labute approximate surface area is 135 Å². The molecule has 6 nitrogen and oxygen atoms in total. The molecular formula is C15H15F3N4O2. The highest BCUT2D eigenvalue weighted by Crippen LogP contribution is 2.43. The first-order valence-electron chi connectivity index (χ1n) is 7.69. The van der Waals surface area contributed by atoms with Crippen molar-refractivity contribution in [2.45, 2.75) is 43.6 Å². The molecule has 0 aromatic carbocycles. The van der Waals surface area contributed by atoms with E-state index in [2.05, 4.69) is 15.7 Å². The normalized spacial score (nSPS) is 23.5. The lowest BCUT2D eigenvalue weighted by molar-refractivity contribution is -0.174. The Balaban J connectivity index is 1.66. The second-order valence-electron chi connectivity index (χ2n) is 6.11. The Kier molecular flexibility index (Phi) is 3.33. The van der Waals surface area contributed by atoms with Crippen molar-refractivity contribution in [1.29, 1.82) is 0 Å². The summed E-state index contributed by atoms with van der Waals surface area (Å²) in [7, 11) is 0. The van der Waals surface area contributed by atoms with Crippen molar-refractivity contribution in [3.05, 3.63) is 35.9 Å². The Morgan fingerprint density at radius 3 is 2.83 bits per heavy atom. The summed E-state index contributed by atoms with van der Waals surface area (Å²) >= 11 is 0. The van der Waals surface area contributed by atoms with E-state index in [0.29, 0.717) is 5.76 Å². The predicted octanol–water partition coefficient (Wildman–Crippen LogP) is 3.03. The molecule has 4 rings (SSSR count). The van der Waals surface area contributed by atoms with Crippen LogP contribution in [-0.4, -0.2) is 27.9 Å². The fourth-order valence-electron chi connectivity index (χ4n) is 2.85. The molecule has 0 spiro atoms. The minimum absolute atomic E-state index is 0.0151. The van der Waals surface area contributed by atoms with E-state index < -0.39 is 24.2 Å². The largest absolute Gasteiger partial charge is 0.467 e. The molecule has 0 radical (unpaired) electrons. The summed E-state index contributed by atoms with van der Waals surface area (Å²) in [4.78, 5) is 12.1. The van der Waals surface area contributed by atoms with Gasteiger partial charge in [-0.15, -0.1) is 0 Å². The Morgan fingerprint density at radius 2 is 2.21 bits per heavy atom. The number of hydrogen-bond acceptors (Lipinski definition) is 4. The van der Waals surface area contributed by atoms with Crippen LogP contribution in [0, 0.1) is 0 Å². The maximum absolute atomic E-state index is 13.4. The van der Waals surface area contributed by atoms with Gasteiger partial charge in [0, 0.05) is 18.5 Å². The predicted molar refractivity (Wildman–Crippen MR) is 77.5 cm³/mol. The number of fused-ring (bicyclic) bond motifs is 1. The third kappa shape index (κ3) is 2.74. The van der Waals surface area contributed by atoms with Crippen LogP contribution in [0.3, 0.4) is 0 Å². The van der Waals surface area contributed by atoms with E-state index in [4.69, 9.17) is 4.42 Å². The minimum Gasteiger partial charge on any atom is -0.467 e. The van der Waals surface area contributed by atoms with E-state index in [-0.39, 0.29) is 24.0 Å². The van der Waals surface area contributed by atoms with Crippen LogP contribution in [0.1, 0.15) is 47.6 Å². The van der Waals surface area contributed by atoms with Crippen molar-refractivity contribution in [3.63, 3.8) is 0 Å². The number of nitrogens with one attached hydrogen (secondary N) is 2. The SMILES string of the molecule is O=C(NC1CC1)c1cc2n(n1)[C@@H](C(F)(F)F)C[C@H](c1ccco1)N2. The van der Waals surface area contributed by atoms with Crippen molar-refractivity contribution in [2.24, 2.45) is 0 Å². The molecule has 0 bridgehead atoms. The Morgan fingerprint density at radius 1 is 1.42 bits per heavy atom. The molecule has 1 aliphatic heterocycles. The number of aromatic nitrogens is 2. The fraction of sp³-hybridized carbons (Fsp3) is 0.467. The molecule has 2 N–H and O–H groups in total. The highest BCUT2D eigenvalue weighted by Gasteiger charge is 2.47. The summed E-state index contributed by atoms with van der Waals surface area (Å²) in [6, 6.07) is 2.27. The fourth-order valence-corrected chi connectivity index (χ4v) is 2.85. The van der Waals surface area contributed by atoms with Crippen LogP contribution in [0.2, 0.25) is 0 Å². The van der Waals surface area contributed by atoms with Crippen LogP contribution in [0.5, 0.6) is 0 Å². The monoisotopic (exact) mass is 340 g/mol.